The quantitative estimate of drug-likeness (QED) is 0.791. The number of benzene rings is 1. The Morgan fingerprint density at radius 3 is 2.46 bits per heavy atom. The molecule has 7 nitrogen and oxygen atoms in total. The molecule has 24 heavy (non-hydrogen) atoms. The molecular weight excluding hydrogens is 350 g/mol. The van der Waals surface area contributed by atoms with E-state index in [-0.39, 0.29) is 21.9 Å². The number of aryl methyl sites for hydroxylation is 1. The lowest BCUT2D eigenvalue weighted by Gasteiger charge is -2.37. The van der Waals surface area contributed by atoms with E-state index in [0.29, 0.717) is 12.1 Å². The fourth-order valence-corrected chi connectivity index (χ4v) is 5.89. The molecule has 2 unspecified atom stereocenters. The maximum absolute atomic E-state index is 13.0. The fraction of sp³-hybridized carbons (Fsp3) is 0.600. The van der Waals surface area contributed by atoms with Gasteiger partial charge in [0.2, 0.25) is 20.0 Å². The van der Waals surface area contributed by atoms with Crippen LogP contribution in [0.1, 0.15) is 31.7 Å². The normalized spacial score (nSPS) is 21.6. The highest BCUT2D eigenvalue weighted by molar-refractivity contribution is 7.89. The van der Waals surface area contributed by atoms with E-state index in [1.807, 2.05) is 6.92 Å². The minimum atomic E-state index is -3.71. The van der Waals surface area contributed by atoms with E-state index in [9.17, 15) is 16.8 Å². The molecule has 1 fully saturated rings. The SMILES string of the molecule is CNS(=O)(=O)c1ccc(S(=O)(=O)N2CCCCC2C(C)N)cc1C. The third-order valence-electron chi connectivity index (χ3n) is 4.42. The van der Waals surface area contributed by atoms with Crippen molar-refractivity contribution < 1.29 is 16.8 Å². The Hall–Kier alpha value is -1.00. The molecule has 1 heterocycles. The molecule has 0 amide bonds. The van der Waals surface area contributed by atoms with Crippen molar-refractivity contribution in [2.45, 2.75) is 55.0 Å². The summed E-state index contributed by atoms with van der Waals surface area (Å²) in [6.45, 7) is 3.83. The van der Waals surface area contributed by atoms with Crippen molar-refractivity contribution in [1.29, 1.82) is 0 Å². The Labute approximate surface area is 144 Å². The molecule has 1 saturated heterocycles. The van der Waals surface area contributed by atoms with E-state index in [1.165, 1.54) is 29.6 Å². The second kappa shape index (κ2) is 7.09. The number of nitrogens with zero attached hydrogens (tertiary/aromatic N) is 1. The summed E-state index contributed by atoms with van der Waals surface area (Å²) in [6, 6.07) is 3.60. The first kappa shape index (κ1) is 19.3. The van der Waals surface area contributed by atoms with Gasteiger partial charge < -0.3 is 5.73 Å². The zero-order valence-electron chi connectivity index (χ0n) is 14.2. The maximum atomic E-state index is 13.0. The predicted molar refractivity (Wildman–Crippen MR) is 92.6 cm³/mol. The minimum Gasteiger partial charge on any atom is -0.326 e. The molecule has 0 aliphatic carbocycles. The molecule has 136 valence electrons. The molecule has 0 bridgehead atoms. The first-order chi connectivity index (χ1) is 11.1. The monoisotopic (exact) mass is 375 g/mol. The Morgan fingerprint density at radius 2 is 1.92 bits per heavy atom. The van der Waals surface area contributed by atoms with Crippen LogP contribution >= 0.6 is 0 Å². The van der Waals surface area contributed by atoms with Crippen LogP contribution in [0.3, 0.4) is 0 Å². The van der Waals surface area contributed by atoms with Crippen molar-refractivity contribution in [3.63, 3.8) is 0 Å². The molecule has 2 rings (SSSR count). The topological polar surface area (TPSA) is 110 Å². The summed E-state index contributed by atoms with van der Waals surface area (Å²) >= 11 is 0. The molecule has 0 saturated carbocycles. The van der Waals surface area contributed by atoms with Gasteiger partial charge in [0, 0.05) is 18.6 Å². The number of hydrogen-bond donors (Lipinski definition) is 2. The molecule has 3 N–H and O–H groups in total. The minimum absolute atomic E-state index is 0.0753. The third kappa shape index (κ3) is 3.65. The summed E-state index contributed by atoms with van der Waals surface area (Å²) in [5.41, 5.74) is 6.36. The summed E-state index contributed by atoms with van der Waals surface area (Å²) in [6.07, 6.45) is 2.49. The second-order valence-corrected chi connectivity index (χ2v) is 9.92. The molecular formula is C15H25N3O4S2. The van der Waals surface area contributed by atoms with E-state index in [1.54, 1.807) is 6.92 Å². The summed E-state index contributed by atoms with van der Waals surface area (Å²) < 4.78 is 53.6. The van der Waals surface area contributed by atoms with Gasteiger partial charge in [-0.05, 0) is 57.5 Å². The van der Waals surface area contributed by atoms with Crippen LogP contribution in [0, 0.1) is 6.92 Å². The van der Waals surface area contributed by atoms with Gasteiger partial charge in [-0.25, -0.2) is 21.6 Å². The number of piperidine rings is 1. The highest BCUT2D eigenvalue weighted by Crippen LogP contribution is 2.28. The van der Waals surface area contributed by atoms with Gasteiger partial charge in [-0.2, -0.15) is 4.31 Å². The molecule has 0 aromatic heterocycles. The van der Waals surface area contributed by atoms with Crippen molar-refractivity contribution in [2.24, 2.45) is 5.73 Å². The highest BCUT2D eigenvalue weighted by atomic mass is 32.2. The van der Waals surface area contributed by atoms with Gasteiger partial charge >= 0.3 is 0 Å². The van der Waals surface area contributed by atoms with Crippen LogP contribution in [0.2, 0.25) is 0 Å². The van der Waals surface area contributed by atoms with Gasteiger partial charge in [-0.15, -0.1) is 0 Å². The van der Waals surface area contributed by atoms with Crippen molar-refractivity contribution in [1.82, 2.24) is 9.03 Å². The lowest BCUT2D eigenvalue weighted by atomic mass is 10.00. The van der Waals surface area contributed by atoms with Crippen molar-refractivity contribution in [3.05, 3.63) is 23.8 Å². The Bertz CT molecular complexity index is 804. The summed E-state index contributed by atoms with van der Waals surface area (Å²) in [4.78, 5) is 0.175. The number of nitrogens with two attached hydrogens (primary N) is 1. The Kier molecular flexibility index (Phi) is 5.71. The van der Waals surface area contributed by atoms with Crippen molar-refractivity contribution in [3.8, 4) is 0 Å². The fourth-order valence-electron chi connectivity index (χ4n) is 3.08. The van der Waals surface area contributed by atoms with Gasteiger partial charge in [-0.3, -0.25) is 0 Å². The first-order valence-corrected chi connectivity index (χ1v) is 10.8. The Morgan fingerprint density at radius 1 is 1.25 bits per heavy atom. The van der Waals surface area contributed by atoms with Crippen LogP contribution < -0.4 is 10.5 Å². The number of sulfonamides is 2. The zero-order valence-corrected chi connectivity index (χ0v) is 15.8. The van der Waals surface area contributed by atoms with E-state index in [0.717, 1.165) is 19.3 Å². The lowest BCUT2D eigenvalue weighted by molar-refractivity contribution is 0.227. The van der Waals surface area contributed by atoms with Crippen molar-refractivity contribution >= 4 is 20.0 Å². The maximum Gasteiger partial charge on any atom is 0.243 e. The van der Waals surface area contributed by atoms with Crippen LogP contribution in [0.25, 0.3) is 0 Å². The molecule has 1 aromatic carbocycles. The second-order valence-electron chi connectivity index (χ2n) is 6.17. The predicted octanol–water partition coefficient (Wildman–Crippen LogP) is 0.794. The van der Waals surface area contributed by atoms with Crippen LogP contribution in [0.15, 0.2) is 28.0 Å². The molecule has 0 spiro atoms. The van der Waals surface area contributed by atoms with E-state index in [2.05, 4.69) is 4.72 Å². The summed E-state index contributed by atoms with van der Waals surface area (Å²) in [7, 11) is -6.01. The first-order valence-electron chi connectivity index (χ1n) is 7.93. The zero-order chi connectivity index (χ0) is 18.1. The molecule has 0 radical (unpaired) electrons. The van der Waals surface area contributed by atoms with Gasteiger partial charge in [0.15, 0.2) is 0 Å². The van der Waals surface area contributed by atoms with Crippen LogP contribution in [-0.2, 0) is 20.0 Å². The number of rotatable bonds is 5. The third-order valence-corrected chi connectivity index (χ3v) is 7.91. The average molecular weight is 376 g/mol. The number of nitrogens with one attached hydrogen (secondary N) is 1. The van der Waals surface area contributed by atoms with Gasteiger partial charge in [0.1, 0.15) is 0 Å². The standard InChI is InChI=1S/C15H25N3O4S2/c1-11-10-13(7-8-15(11)23(19,20)17-3)24(21,22)18-9-5-4-6-14(18)12(2)16/h7-8,10,12,14,17H,4-6,9,16H2,1-3H3. The van der Waals surface area contributed by atoms with Gasteiger partial charge in [-0.1, -0.05) is 6.42 Å². The number of hydrogen-bond acceptors (Lipinski definition) is 5. The largest absolute Gasteiger partial charge is 0.326 e. The van der Waals surface area contributed by atoms with E-state index in [4.69, 9.17) is 5.73 Å². The highest BCUT2D eigenvalue weighted by Gasteiger charge is 2.35. The lowest BCUT2D eigenvalue weighted by Crippen LogP contribution is -2.51. The van der Waals surface area contributed by atoms with Crippen molar-refractivity contribution in [2.75, 3.05) is 13.6 Å². The average Bonchev–Trinajstić information content (AvgIpc) is 2.54. The molecule has 1 aliphatic rings. The van der Waals surface area contributed by atoms with Crippen LogP contribution in [-0.4, -0.2) is 46.8 Å². The van der Waals surface area contributed by atoms with E-state index < -0.39 is 20.0 Å². The smallest absolute Gasteiger partial charge is 0.243 e. The van der Waals surface area contributed by atoms with E-state index >= 15 is 0 Å². The molecule has 1 aromatic rings. The molecule has 9 heteroatoms. The molecule has 2 atom stereocenters. The molecule has 1 aliphatic heterocycles. The summed E-state index contributed by atoms with van der Waals surface area (Å²) in [5, 5.41) is 0. The summed E-state index contributed by atoms with van der Waals surface area (Å²) in [5.74, 6) is 0. The Balaban J connectivity index is 2.45. The van der Waals surface area contributed by atoms with Crippen LogP contribution in [0.5, 0.6) is 0 Å². The van der Waals surface area contributed by atoms with Gasteiger partial charge in [0.05, 0.1) is 9.79 Å². The van der Waals surface area contributed by atoms with Gasteiger partial charge in [0.25, 0.3) is 0 Å². The van der Waals surface area contributed by atoms with Crippen LogP contribution in [0.4, 0.5) is 0 Å².